The molecule has 16 heavy (non-hydrogen) atoms. The van der Waals surface area contributed by atoms with Crippen molar-refractivity contribution in [3.05, 3.63) is 41.9 Å². The highest BCUT2D eigenvalue weighted by Gasteiger charge is 2.14. The predicted molar refractivity (Wildman–Crippen MR) is 61.8 cm³/mol. The number of sulfone groups is 1. The van der Waals surface area contributed by atoms with Crippen molar-refractivity contribution < 1.29 is 13.2 Å². The summed E-state index contributed by atoms with van der Waals surface area (Å²) in [5, 5.41) is 2.53. The Labute approximate surface area is 98.8 Å². The summed E-state index contributed by atoms with van der Waals surface area (Å²) in [4.78, 5) is 10.9. The average molecular weight is 260 g/mol. The number of rotatable bonds is 4. The smallest absolute Gasteiger partial charge is 0.244 e. The molecule has 0 bridgehead atoms. The van der Waals surface area contributed by atoms with Crippen molar-refractivity contribution in [1.29, 1.82) is 0 Å². The summed E-state index contributed by atoms with van der Waals surface area (Å²) in [7, 11) is -3.55. The fraction of sp³-hybridized carbons (Fsp3) is 0.100. The highest BCUT2D eigenvalue weighted by molar-refractivity contribution is 7.91. The van der Waals surface area contributed by atoms with Crippen LogP contribution < -0.4 is 5.32 Å². The molecule has 0 aliphatic carbocycles. The molecular formula is C10H10ClNO3S. The quantitative estimate of drug-likeness (QED) is 0.831. The van der Waals surface area contributed by atoms with Gasteiger partial charge in [-0.15, -0.1) is 0 Å². The van der Waals surface area contributed by atoms with Gasteiger partial charge in [0.1, 0.15) is 5.88 Å². The van der Waals surface area contributed by atoms with E-state index in [1.54, 1.807) is 6.07 Å². The number of nitrogens with one attached hydrogen (secondary N) is 1. The summed E-state index contributed by atoms with van der Waals surface area (Å²) in [6.45, 7) is 3.22. The highest BCUT2D eigenvalue weighted by atomic mass is 35.5. The van der Waals surface area contributed by atoms with Gasteiger partial charge < -0.3 is 5.32 Å². The third-order valence-corrected chi connectivity index (χ3v) is 3.51. The number of carbonyl (C=O) groups excluding carboxylic acids is 1. The lowest BCUT2D eigenvalue weighted by Gasteiger charge is -2.05. The minimum Gasteiger partial charge on any atom is -0.338 e. The van der Waals surface area contributed by atoms with E-state index in [4.69, 9.17) is 11.6 Å². The summed E-state index contributed by atoms with van der Waals surface area (Å²) in [5.41, 5.74) is 0. The van der Waals surface area contributed by atoms with Crippen LogP contribution in [-0.4, -0.2) is 20.2 Å². The Hall–Kier alpha value is -1.33. The van der Waals surface area contributed by atoms with Crippen molar-refractivity contribution in [3.63, 3.8) is 0 Å². The van der Waals surface area contributed by atoms with Crippen LogP contribution in [-0.2, 0) is 14.6 Å². The summed E-state index contributed by atoms with van der Waals surface area (Å²) >= 11 is 5.67. The maximum Gasteiger partial charge on any atom is 0.244 e. The maximum absolute atomic E-state index is 11.7. The molecule has 1 N–H and O–H groups in total. The molecule has 0 aliphatic rings. The van der Waals surface area contributed by atoms with E-state index in [0.29, 0.717) is 5.02 Å². The van der Waals surface area contributed by atoms with Crippen molar-refractivity contribution >= 4 is 27.3 Å². The first-order valence-electron chi connectivity index (χ1n) is 4.34. The number of benzene rings is 1. The molecule has 0 heterocycles. The van der Waals surface area contributed by atoms with Crippen molar-refractivity contribution in [3.8, 4) is 0 Å². The van der Waals surface area contributed by atoms with Crippen LogP contribution in [0.25, 0.3) is 0 Å². The molecule has 0 fully saturated rings. The molecule has 0 atom stereocenters. The minimum absolute atomic E-state index is 0.0735. The van der Waals surface area contributed by atoms with E-state index in [9.17, 15) is 13.2 Å². The highest BCUT2D eigenvalue weighted by Crippen LogP contribution is 2.15. The third kappa shape index (κ3) is 3.36. The van der Waals surface area contributed by atoms with Crippen LogP contribution in [0.2, 0.25) is 5.02 Å². The van der Waals surface area contributed by atoms with Gasteiger partial charge in [0.2, 0.25) is 5.91 Å². The van der Waals surface area contributed by atoms with E-state index >= 15 is 0 Å². The van der Waals surface area contributed by atoms with Gasteiger partial charge in [0.05, 0.1) is 4.90 Å². The second kappa shape index (κ2) is 5.14. The van der Waals surface area contributed by atoms with Crippen molar-refractivity contribution in [2.75, 3.05) is 5.88 Å². The first kappa shape index (κ1) is 12.7. The van der Waals surface area contributed by atoms with Gasteiger partial charge in [-0.1, -0.05) is 24.2 Å². The molecule has 0 aliphatic heterocycles. The first-order valence-corrected chi connectivity index (χ1v) is 6.37. The molecule has 1 aromatic carbocycles. The Morgan fingerprint density at radius 2 is 2.19 bits per heavy atom. The van der Waals surface area contributed by atoms with Crippen LogP contribution >= 0.6 is 11.6 Å². The third-order valence-electron chi connectivity index (χ3n) is 1.78. The SMILES string of the molecule is C=CC(=O)NCS(=O)(=O)c1cccc(Cl)c1. The number of amides is 1. The van der Waals surface area contributed by atoms with Crippen LogP contribution in [0.5, 0.6) is 0 Å². The minimum atomic E-state index is -3.55. The molecule has 86 valence electrons. The zero-order valence-corrected chi connectivity index (χ0v) is 9.88. The molecule has 0 aromatic heterocycles. The molecule has 0 spiro atoms. The van der Waals surface area contributed by atoms with Gasteiger partial charge >= 0.3 is 0 Å². The monoisotopic (exact) mass is 259 g/mol. The fourth-order valence-electron chi connectivity index (χ4n) is 0.982. The molecule has 1 amide bonds. The lowest BCUT2D eigenvalue weighted by molar-refractivity contribution is -0.116. The van der Waals surface area contributed by atoms with Crippen molar-refractivity contribution in [2.45, 2.75) is 4.90 Å². The van der Waals surface area contributed by atoms with Gasteiger partial charge in [-0.25, -0.2) is 8.42 Å². The lowest BCUT2D eigenvalue weighted by atomic mass is 10.4. The number of carbonyl (C=O) groups is 1. The molecule has 0 saturated carbocycles. The molecule has 4 nitrogen and oxygen atoms in total. The van der Waals surface area contributed by atoms with E-state index in [0.717, 1.165) is 6.08 Å². The number of hydrogen-bond donors (Lipinski definition) is 1. The number of halogens is 1. The lowest BCUT2D eigenvalue weighted by Crippen LogP contribution is -2.27. The normalized spacial score (nSPS) is 10.8. The Balaban J connectivity index is 2.86. The summed E-state index contributed by atoms with van der Waals surface area (Å²) in [6.07, 6.45) is 1.01. The first-order chi connectivity index (χ1) is 7.45. The maximum atomic E-state index is 11.7. The Morgan fingerprint density at radius 3 is 2.75 bits per heavy atom. The Kier molecular flexibility index (Phi) is 4.09. The standard InChI is InChI=1S/C10H10ClNO3S/c1-2-10(13)12-7-16(14,15)9-5-3-4-8(11)6-9/h2-6H,1,7H2,(H,12,13). The fourth-order valence-corrected chi connectivity index (χ4v) is 2.33. The summed E-state index contributed by atoms with van der Waals surface area (Å²) < 4.78 is 23.4. The van der Waals surface area contributed by atoms with Gasteiger partial charge in [-0.05, 0) is 24.3 Å². The average Bonchev–Trinajstić information content (AvgIpc) is 2.26. The predicted octanol–water partition coefficient (Wildman–Crippen LogP) is 1.37. The van der Waals surface area contributed by atoms with E-state index in [-0.39, 0.29) is 4.90 Å². The van der Waals surface area contributed by atoms with E-state index < -0.39 is 21.6 Å². The number of hydrogen-bond acceptors (Lipinski definition) is 3. The van der Waals surface area contributed by atoms with Crippen molar-refractivity contribution in [2.24, 2.45) is 0 Å². The van der Waals surface area contributed by atoms with Crippen LogP contribution in [0.4, 0.5) is 0 Å². The second-order valence-electron chi connectivity index (χ2n) is 2.96. The van der Waals surface area contributed by atoms with E-state index in [1.165, 1.54) is 18.2 Å². The molecule has 0 saturated heterocycles. The molecular weight excluding hydrogens is 250 g/mol. The zero-order chi connectivity index (χ0) is 12.2. The van der Waals surface area contributed by atoms with Crippen LogP contribution in [0, 0.1) is 0 Å². The van der Waals surface area contributed by atoms with E-state index in [2.05, 4.69) is 11.9 Å². The van der Waals surface area contributed by atoms with Crippen LogP contribution in [0.3, 0.4) is 0 Å². The van der Waals surface area contributed by atoms with Gasteiger partial charge in [0.25, 0.3) is 0 Å². The molecule has 6 heteroatoms. The summed E-state index contributed by atoms with van der Waals surface area (Å²) in [5.74, 6) is -1.01. The Morgan fingerprint density at radius 1 is 1.50 bits per heavy atom. The van der Waals surface area contributed by atoms with Gasteiger partial charge in [0, 0.05) is 5.02 Å². The molecule has 1 aromatic rings. The van der Waals surface area contributed by atoms with Crippen LogP contribution in [0.15, 0.2) is 41.8 Å². The topological polar surface area (TPSA) is 63.2 Å². The largest absolute Gasteiger partial charge is 0.338 e. The molecule has 1 rings (SSSR count). The second-order valence-corrected chi connectivity index (χ2v) is 5.39. The van der Waals surface area contributed by atoms with Gasteiger partial charge in [-0.2, -0.15) is 0 Å². The molecule has 0 unspecified atom stereocenters. The van der Waals surface area contributed by atoms with E-state index in [1.807, 2.05) is 0 Å². The van der Waals surface area contributed by atoms with Gasteiger partial charge in [0.15, 0.2) is 9.84 Å². The van der Waals surface area contributed by atoms with Gasteiger partial charge in [-0.3, -0.25) is 4.79 Å². The zero-order valence-electron chi connectivity index (χ0n) is 8.31. The van der Waals surface area contributed by atoms with Crippen molar-refractivity contribution in [1.82, 2.24) is 5.32 Å². The molecule has 0 radical (unpaired) electrons. The summed E-state index contributed by atoms with van der Waals surface area (Å²) in [6, 6.07) is 5.85. The van der Waals surface area contributed by atoms with Crippen LogP contribution in [0.1, 0.15) is 0 Å². The Bertz CT molecular complexity index is 511.